The van der Waals surface area contributed by atoms with Gasteiger partial charge in [-0.25, -0.2) is 8.42 Å². The van der Waals surface area contributed by atoms with Gasteiger partial charge >= 0.3 is 0 Å². The third-order valence-electron chi connectivity index (χ3n) is 2.43. The molecule has 0 spiro atoms. The fraction of sp³-hybridized carbons (Fsp3) is 0.0769. The van der Waals surface area contributed by atoms with Crippen molar-refractivity contribution >= 4 is 21.5 Å². The summed E-state index contributed by atoms with van der Waals surface area (Å²) in [6.45, 7) is -0.0567. The molecule has 7 nitrogen and oxygen atoms in total. The molecule has 0 aliphatic carbocycles. The Morgan fingerprint density at radius 1 is 1.33 bits per heavy atom. The molecule has 0 fully saturated rings. The first-order valence-electron chi connectivity index (χ1n) is 5.96. The molecule has 1 aromatic heterocycles. The molecule has 2 aromatic rings. The van der Waals surface area contributed by atoms with E-state index < -0.39 is 10.0 Å². The smallest absolute Gasteiger partial charge is 0.263 e. The topological polar surface area (TPSA) is 118 Å². The highest BCUT2D eigenvalue weighted by atomic mass is 32.2. The van der Waals surface area contributed by atoms with Crippen molar-refractivity contribution in [2.24, 2.45) is 5.73 Å². The molecule has 2 rings (SSSR count). The van der Waals surface area contributed by atoms with E-state index in [0.29, 0.717) is 11.4 Å². The number of anilines is 1. The van der Waals surface area contributed by atoms with Crippen LogP contribution in [0.2, 0.25) is 0 Å². The van der Waals surface area contributed by atoms with Gasteiger partial charge in [0.25, 0.3) is 10.0 Å². The monoisotopic (exact) mass is 306 g/mol. The number of nitrogens with one attached hydrogen (secondary N) is 2. The normalized spacial score (nSPS) is 10.9. The van der Waals surface area contributed by atoms with Gasteiger partial charge in [-0.2, -0.15) is 0 Å². The summed E-state index contributed by atoms with van der Waals surface area (Å²) in [5, 5.41) is 7.09. The highest BCUT2D eigenvalue weighted by Gasteiger charge is 2.14. The van der Waals surface area contributed by atoms with Crippen molar-refractivity contribution in [1.29, 1.82) is 5.41 Å². The van der Waals surface area contributed by atoms with Crippen molar-refractivity contribution in [1.82, 2.24) is 4.98 Å². The number of ether oxygens (including phenoxy) is 1. The summed E-state index contributed by atoms with van der Waals surface area (Å²) in [5.41, 5.74) is 5.54. The van der Waals surface area contributed by atoms with Crippen LogP contribution in [0.1, 0.15) is 0 Å². The Balaban J connectivity index is 2.16. The molecule has 0 aliphatic heterocycles. The molecule has 1 heterocycles. The third-order valence-corrected chi connectivity index (χ3v) is 3.79. The molecule has 0 bridgehead atoms. The summed E-state index contributed by atoms with van der Waals surface area (Å²) < 4.78 is 31.9. The molecule has 8 heteroatoms. The maximum absolute atomic E-state index is 12.1. The van der Waals surface area contributed by atoms with Gasteiger partial charge in [0.2, 0.25) is 0 Å². The van der Waals surface area contributed by atoms with E-state index >= 15 is 0 Å². The number of nitrogens with two attached hydrogens (primary N) is 1. The standard InChI is InChI=1S/C13H14N4O3S/c14-13(15)9-20-11-4-1-3-10(7-11)17-21(18,19)12-5-2-6-16-8-12/h1-8,17H,9H2,(H3,14,15). The first-order chi connectivity index (χ1) is 9.97. The Kier molecular flexibility index (Phi) is 4.39. The summed E-state index contributed by atoms with van der Waals surface area (Å²) in [5.74, 6) is 0.299. The molecule has 0 radical (unpaired) electrons. The zero-order valence-electron chi connectivity index (χ0n) is 11.0. The van der Waals surface area contributed by atoms with Gasteiger partial charge in [0, 0.05) is 18.5 Å². The van der Waals surface area contributed by atoms with Crippen LogP contribution in [0.5, 0.6) is 5.75 Å². The van der Waals surface area contributed by atoms with Gasteiger partial charge in [-0.3, -0.25) is 15.1 Å². The van der Waals surface area contributed by atoms with E-state index in [1.54, 1.807) is 24.3 Å². The summed E-state index contributed by atoms with van der Waals surface area (Å²) in [6, 6.07) is 9.37. The fourth-order valence-corrected chi connectivity index (χ4v) is 2.54. The Bertz CT molecular complexity index is 732. The van der Waals surface area contributed by atoms with E-state index in [-0.39, 0.29) is 17.3 Å². The predicted molar refractivity (Wildman–Crippen MR) is 78.9 cm³/mol. The molecule has 0 atom stereocenters. The Morgan fingerprint density at radius 2 is 2.14 bits per heavy atom. The number of aromatic nitrogens is 1. The van der Waals surface area contributed by atoms with E-state index in [1.165, 1.54) is 24.5 Å². The number of amidine groups is 1. The molecule has 0 amide bonds. The summed E-state index contributed by atoms with van der Waals surface area (Å²) in [7, 11) is -3.70. The van der Waals surface area contributed by atoms with Crippen LogP contribution in [0.25, 0.3) is 0 Å². The van der Waals surface area contributed by atoms with Crippen LogP contribution in [0.15, 0.2) is 53.7 Å². The minimum Gasteiger partial charge on any atom is -0.486 e. The largest absolute Gasteiger partial charge is 0.486 e. The lowest BCUT2D eigenvalue weighted by molar-refractivity contribution is 0.374. The molecular formula is C13H14N4O3S. The number of rotatable bonds is 6. The third kappa shape index (κ3) is 4.18. The van der Waals surface area contributed by atoms with Crippen molar-refractivity contribution in [2.45, 2.75) is 4.90 Å². The number of benzene rings is 1. The van der Waals surface area contributed by atoms with Crippen molar-refractivity contribution in [3.63, 3.8) is 0 Å². The molecular weight excluding hydrogens is 292 g/mol. The molecule has 21 heavy (non-hydrogen) atoms. The highest BCUT2D eigenvalue weighted by molar-refractivity contribution is 7.92. The average molecular weight is 306 g/mol. The van der Waals surface area contributed by atoms with E-state index in [9.17, 15) is 8.42 Å². The number of pyridine rings is 1. The van der Waals surface area contributed by atoms with Gasteiger partial charge < -0.3 is 10.5 Å². The fourth-order valence-electron chi connectivity index (χ4n) is 1.53. The lowest BCUT2D eigenvalue weighted by atomic mass is 10.3. The van der Waals surface area contributed by atoms with Crippen molar-refractivity contribution < 1.29 is 13.2 Å². The SMILES string of the molecule is N=C(N)COc1cccc(NS(=O)(=O)c2cccnc2)c1. The van der Waals surface area contributed by atoms with Crippen molar-refractivity contribution in [3.05, 3.63) is 48.8 Å². The number of hydrogen-bond acceptors (Lipinski definition) is 5. The summed E-state index contributed by atoms with van der Waals surface area (Å²) >= 11 is 0. The highest BCUT2D eigenvalue weighted by Crippen LogP contribution is 2.20. The van der Waals surface area contributed by atoms with E-state index in [0.717, 1.165) is 0 Å². The first kappa shape index (κ1) is 14.8. The molecule has 0 saturated heterocycles. The first-order valence-corrected chi connectivity index (χ1v) is 7.44. The quantitative estimate of drug-likeness (QED) is 0.547. The molecule has 0 aliphatic rings. The predicted octanol–water partition coefficient (Wildman–Crippen LogP) is 1.20. The second-order valence-corrected chi connectivity index (χ2v) is 5.82. The van der Waals surface area contributed by atoms with Crippen LogP contribution in [0.3, 0.4) is 0 Å². The van der Waals surface area contributed by atoms with Crippen LogP contribution in [-0.2, 0) is 10.0 Å². The van der Waals surface area contributed by atoms with Gasteiger partial charge in [-0.1, -0.05) is 6.07 Å². The maximum atomic E-state index is 12.1. The van der Waals surface area contributed by atoms with Crippen LogP contribution >= 0.6 is 0 Å². The van der Waals surface area contributed by atoms with E-state index in [1.807, 2.05) is 0 Å². The van der Waals surface area contributed by atoms with Gasteiger partial charge in [-0.05, 0) is 24.3 Å². The second-order valence-electron chi connectivity index (χ2n) is 4.14. The number of hydrogen-bond donors (Lipinski definition) is 3. The lowest BCUT2D eigenvalue weighted by Gasteiger charge is -2.10. The summed E-state index contributed by atoms with van der Waals surface area (Å²) in [4.78, 5) is 3.85. The minimum atomic E-state index is -3.70. The average Bonchev–Trinajstić information content (AvgIpc) is 2.46. The van der Waals surface area contributed by atoms with Gasteiger partial charge in [-0.15, -0.1) is 0 Å². The zero-order valence-corrected chi connectivity index (χ0v) is 11.8. The molecule has 0 saturated carbocycles. The van der Waals surface area contributed by atoms with Crippen molar-refractivity contribution in [3.8, 4) is 5.75 Å². The van der Waals surface area contributed by atoms with Gasteiger partial charge in [0.1, 0.15) is 23.1 Å². The van der Waals surface area contributed by atoms with Crippen LogP contribution < -0.4 is 15.2 Å². The lowest BCUT2D eigenvalue weighted by Crippen LogP contribution is -2.19. The van der Waals surface area contributed by atoms with Crippen molar-refractivity contribution in [2.75, 3.05) is 11.3 Å². The second kappa shape index (κ2) is 6.23. The Hall–Kier alpha value is -2.61. The van der Waals surface area contributed by atoms with Crippen LogP contribution in [0, 0.1) is 5.41 Å². The zero-order chi connectivity index (χ0) is 15.3. The van der Waals surface area contributed by atoms with E-state index in [4.69, 9.17) is 15.9 Å². The minimum absolute atomic E-state index is 0.0567. The Morgan fingerprint density at radius 3 is 2.81 bits per heavy atom. The molecule has 1 aromatic carbocycles. The van der Waals surface area contributed by atoms with Crippen LogP contribution in [-0.4, -0.2) is 25.8 Å². The van der Waals surface area contributed by atoms with Gasteiger partial charge in [0.15, 0.2) is 0 Å². The molecule has 4 N–H and O–H groups in total. The summed E-state index contributed by atoms with van der Waals surface area (Å²) in [6.07, 6.45) is 2.76. The Labute approximate surface area is 122 Å². The number of sulfonamides is 1. The van der Waals surface area contributed by atoms with E-state index in [2.05, 4.69) is 9.71 Å². The number of nitrogens with zero attached hydrogens (tertiary/aromatic N) is 1. The molecule has 110 valence electrons. The van der Waals surface area contributed by atoms with Gasteiger partial charge in [0.05, 0.1) is 5.69 Å². The molecule has 0 unspecified atom stereocenters. The maximum Gasteiger partial charge on any atom is 0.263 e. The van der Waals surface area contributed by atoms with Crippen LogP contribution in [0.4, 0.5) is 5.69 Å².